The van der Waals surface area contributed by atoms with Crippen LogP contribution in [0.15, 0.2) is 29.4 Å². The van der Waals surface area contributed by atoms with Crippen molar-refractivity contribution in [1.29, 1.82) is 0 Å². The number of fused-ring (bicyclic) bond motifs is 1. The van der Waals surface area contributed by atoms with Crippen molar-refractivity contribution in [3.63, 3.8) is 0 Å². The van der Waals surface area contributed by atoms with Crippen molar-refractivity contribution in [1.82, 2.24) is 14.8 Å². The maximum absolute atomic E-state index is 11.6. The fraction of sp³-hybridized carbons (Fsp3) is 0.182. The first-order chi connectivity index (χ1) is 8.24. The molecule has 1 aromatic carbocycles. The third kappa shape index (κ3) is 1.96. The van der Waals surface area contributed by atoms with E-state index in [2.05, 4.69) is 10.1 Å². The van der Waals surface area contributed by atoms with Crippen LogP contribution in [0.5, 0.6) is 0 Å². The van der Waals surface area contributed by atoms with E-state index in [4.69, 9.17) is 11.6 Å². The normalized spacial score (nSPS) is 14.8. The summed E-state index contributed by atoms with van der Waals surface area (Å²) in [6.07, 6.45) is 0.515. The third-order valence-corrected chi connectivity index (χ3v) is 3.65. The smallest absolute Gasteiger partial charge is 0.250 e. The molecular weight excluding hydrogens is 258 g/mol. The second-order valence-corrected chi connectivity index (χ2v) is 5.13. The molecule has 6 heteroatoms. The Kier molecular flexibility index (Phi) is 2.64. The van der Waals surface area contributed by atoms with Gasteiger partial charge < -0.3 is 0 Å². The Balaban J connectivity index is 2.05. The first kappa shape index (κ1) is 10.8. The van der Waals surface area contributed by atoms with Gasteiger partial charge in [0.15, 0.2) is 11.0 Å². The molecule has 1 aliphatic rings. The molecule has 0 bridgehead atoms. The van der Waals surface area contributed by atoms with Crippen molar-refractivity contribution < 1.29 is 4.79 Å². The van der Waals surface area contributed by atoms with Crippen molar-refractivity contribution in [2.45, 2.75) is 11.6 Å². The van der Waals surface area contributed by atoms with E-state index in [1.165, 1.54) is 4.68 Å². The van der Waals surface area contributed by atoms with Gasteiger partial charge in [0.1, 0.15) is 0 Å². The molecule has 0 unspecified atom stereocenters. The van der Waals surface area contributed by atoms with Gasteiger partial charge in [-0.15, -0.1) is 5.10 Å². The van der Waals surface area contributed by atoms with E-state index in [-0.39, 0.29) is 5.91 Å². The molecule has 0 atom stereocenters. The summed E-state index contributed by atoms with van der Waals surface area (Å²) in [5.41, 5.74) is 0.865. The molecule has 17 heavy (non-hydrogen) atoms. The Morgan fingerprint density at radius 2 is 2.06 bits per heavy atom. The second-order valence-electron chi connectivity index (χ2n) is 3.63. The molecule has 0 spiro atoms. The highest BCUT2D eigenvalue weighted by atomic mass is 35.5. The molecule has 0 amide bonds. The van der Waals surface area contributed by atoms with Gasteiger partial charge >= 0.3 is 0 Å². The van der Waals surface area contributed by atoms with Crippen molar-refractivity contribution in [3.05, 3.63) is 29.3 Å². The van der Waals surface area contributed by atoms with Crippen LogP contribution in [0.4, 0.5) is 0 Å². The minimum Gasteiger partial charge on any atom is -0.272 e. The van der Waals surface area contributed by atoms with E-state index >= 15 is 0 Å². The lowest BCUT2D eigenvalue weighted by Crippen LogP contribution is -2.18. The number of hydrogen-bond donors (Lipinski definition) is 0. The molecule has 2 aromatic rings. The number of carbonyl (C=O) groups is 1. The molecule has 4 nitrogen and oxygen atoms in total. The van der Waals surface area contributed by atoms with Gasteiger partial charge in [-0.05, 0) is 24.3 Å². The maximum Gasteiger partial charge on any atom is 0.250 e. The lowest BCUT2D eigenvalue weighted by atomic mass is 10.2. The first-order valence-electron chi connectivity index (χ1n) is 5.13. The zero-order chi connectivity index (χ0) is 11.8. The lowest BCUT2D eigenvalue weighted by Gasteiger charge is -2.07. The summed E-state index contributed by atoms with van der Waals surface area (Å²) in [6, 6.07) is 7.26. The van der Waals surface area contributed by atoms with E-state index in [1.807, 2.05) is 12.1 Å². The summed E-state index contributed by atoms with van der Waals surface area (Å²) in [5.74, 6) is 1.35. The van der Waals surface area contributed by atoms with Crippen molar-refractivity contribution in [2.24, 2.45) is 0 Å². The fourth-order valence-electron chi connectivity index (χ4n) is 1.61. The van der Waals surface area contributed by atoms with Crippen LogP contribution in [0.25, 0.3) is 11.4 Å². The van der Waals surface area contributed by atoms with E-state index in [0.29, 0.717) is 22.4 Å². The van der Waals surface area contributed by atoms with Gasteiger partial charge in [0.2, 0.25) is 5.91 Å². The molecule has 86 valence electrons. The summed E-state index contributed by atoms with van der Waals surface area (Å²) in [5, 5.41) is 5.57. The van der Waals surface area contributed by atoms with Crippen molar-refractivity contribution in [2.75, 3.05) is 5.75 Å². The molecule has 3 rings (SSSR count). The zero-order valence-corrected chi connectivity index (χ0v) is 10.3. The molecule has 2 heterocycles. The Bertz CT molecular complexity index is 579. The van der Waals surface area contributed by atoms with E-state index in [9.17, 15) is 4.79 Å². The highest BCUT2D eigenvalue weighted by molar-refractivity contribution is 7.99. The average Bonchev–Trinajstić information content (AvgIpc) is 2.75. The molecule has 0 saturated carbocycles. The molecule has 0 aliphatic carbocycles. The maximum atomic E-state index is 11.6. The number of aromatic nitrogens is 3. The number of hydrogen-bond acceptors (Lipinski definition) is 4. The predicted octanol–water partition coefficient (Wildman–Crippen LogP) is 2.73. The lowest BCUT2D eigenvalue weighted by molar-refractivity contribution is 0.0878. The van der Waals surface area contributed by atoms with Crippen LogP contribution in [-0.2, 0) is 0 Å². The summed E-state index contributed by atoms with van der Waals surface area (Å²) in [6.45, 7) is 0. The number of rotatable bonds is 1. The van der Waals surface area contributed by atoms with Gasteiger partial charge in [-0.3, -0.25) is 4.79 Å². The monoisotopic (exact) mass is 265 g/mol. The highest BCUT2D eigenvalue weighted by Crippen LogP contribution is 2.26. The quantitative estimate of drug-likeness (QED) is 0.795. The average molecular weight is 266 g/mol. The summed E-state index contributed by atoms with van der Waals surface area (Å²) < 4.78 is 1.39. The topological polar surface area (TPSA) is 47.8 Å². The number of nitrogens with zero attached hydrogens (tertiary/aromatic N) is 3. The minimum absolute atomic E-state index is 0.00598. The Morgan fingerprint density at radius 3 is 2.76 bits per heavy atom. The molecular formula is C11H8ClN3OS. The summed E-state index contributed by atoms with van der Waals surface area (Å²) in [7, 11) is 0. The zero-order valence-electron chi connectivity index (χ0n) is 8.76. The van der Waals surface area contributed by atoms with Gasteiger partial charge in [-0.25, -0.2) is 4.98 Å². The van der Waals surface area contributed by atoms with Crippen LogP contribution in [0.2, 0.25) is 5.02 Å². The van der Waals surface area contributed by atoms with Gasteiger partial charge in [0, 0.05) is 22.8 Å². The number of carbonyl (C=O) groups excluding carboxylic acids is 1. The van der Waals surface area contributed by atoms with Gasteiger partial charge in [-0.2, -0.15) is 4.68 Å². The largest absolute Gasteiger partial charge is 0.272 e. The van der Waals surface area contributed by atoms with Gasteiger partial charge in [0.25, 0.3) is 0 Å². The first-order valence-corrected chi connectivity index (χ1v) is 6.49. The molecule has 0 radical (unpaired) electrons. The van der Waals surface area contributed by atoms with E-state index in [1.54, 1.807) is 23.9 Å². The van der Waals surface area contributed by atoms with Crippen LogP contribution in [0.3, 0.4) is 0 Å². The van der Waals surface area contributed by atoms with Gasteiger partial charge in [-0.1, -0.05) is 23.4 Å². The minimum atomic E-state index is 0.00598. The van der Waals surface area contributed by atoms with Crippen LogP contribution in [-0.4, -0.2) is 26.4 Å². The third-order valence-electron chi connectivity index (χ3n) is 2.46. The molecule has 1 aromatic heterocycles. The van der Waals surface area contributed by atoms with Crippen molar-refractivity contribution >= 4 is 29.3 Å². The summed E-state index contributed by atoms with van der Waals surface area (Å²) >= 11 is 7.37. The number of thioether (sulfide) groups is 1. The van der Waals surface area contributed by atoms with Crippen LogP contribution < -0.4 is 0 Å². The molecule has 0 N–H and O–H groups in total. The van der Waals surface area contributed by atoms with Crippen molar-refractivity contribution in [3.8, 4) is 11.4 Å². The molecule has 1 aliphatic heterocycles. The summed E-state index contributed by atoms with van der Waals surface area (Å²) in [4.78, 5) is 16.0. The Hall–Kier alpha value is -1.33. The van der Waals surface area contributed by atoms with Crippen LogP contribution in [0, 0.1) is 0 Å². The van der Waals surface area contributed by atoms with E-state index in [0.717, 1.165) is 11.3 Å². The molecule has 0 saturated heterocycles. The molecule has 0 fully saturated rings. The predicted molar refractivity (Wildman–Crippen MR) is 66.4 cm³/mol. The number of halogens is 1. The highest BCUT2D eigenvalue weighted by Gasteiger charge is 2.21. The van der Waals surface area contributed by atoms with Gasteiger partial charge in [0.05, 0.1) is 0 Å². The standard InChI is InChI=1S/C11H8ClN3OS/c12-8-3-1-7(2-4-8)10-13-11-15(14-10)9(16)5-6-17-11/h1-4H,5-6H2. The number of benzene rings is 1. The Morgan fingerprint density at radius 1 is 1.29 bits per heavy atom. The second kappa shape index (κ2) is 4.16. The fourth-order valence-corrected chi connectivity index (χ4v) is 2.61. The SMILES string of the molecule is O=C1CCSc2nc(-c3ccc(Cl)cc3)nn21. The van der Waals surface area contributed by atoms with E-state index < -0.39 is 0 Å². The van der Waals surface area contributed by atoms with Crippen LogP contribution >= 0.6 is 23.4 Å². The van der Waals surface area contributed by atoms with Crippen LogP contribution in [0.1, 0.15) is 11.2 Å². The Labute approximate surface area is 107 Å².